The lowest BCUT2D eigenvalue weighted by Gasteiger charge is -2.22. The number of fused-ring (bicyclic) bond motifs is 1. The summed E-state index contributed by atoms with van der Waals surface area (Å²) in [5, 5.41) is 9.31. The zero-order valence-electron chi connectivity index (χ0n) is 8.66. The molecule has 0 aromatic heterocycles. The van der Waals surface area contributed by atoms with Crippen molar-refractivity contribution < 1.29 is 19.3 Å². The summed E-state index contributed by atoms with van der Waals surface area (Å²) in [4.78, 5) is 0. The predicted octanol–water partition coefficient (Wildman–Crippen LogP) is 1.10. The third-order valence-electron chi connectivity index (χ3n) is 2.37. The van der Waals surface area contributed by atoms with E-state index in [0.717, 1.165) is 11.1 Å². The van der Waals surface area contributed by atoms with Crippen LogP contribution in [0.2, 0.25) is 0 Å². The Kier molecular flexibility index (Phi) is 3.08. The van der Waals surface area contributed by atoms with Crippen LogP contribution in [0.1, 0.15) is 11.1 Å². The van der Waals surface area contributed by atoms with Crippen molar-refractivity contribution in [2.75, 3.05) is 20.3 Å². The van der Waals surface area contributed by atoms with E-state index in [4.69, 9.17) is 14.2 Å². The van der Waals surface area contributed by atoms with Gasteiger partial charge in [0.1, 0.15) is 13.2 Å². The van der Waals surface area contributed by atoms with Crippen molar-refractivity contribution in [3.63, 3.8) is 0 Å². The van der Waals surface area contributed by atoms with E-state index in [2.05, 4.69) is 0 Å². The van der Waals surface area contributed by atoms with E-state index >= 15 is 0 Å². The van der Waals surface area contributed by atoms with Gasteiger partial charge in [-0.3, -0.25) is 0 Å². The SMILES string of the molecule is COCc1ccc2c(c1CO)OCCO2. The number of hydrogen-bond acceptors (Lipinski definition) is 4. The van der Waals surface area contributed by atoms with Crippen molar-refractivity contribution in [2.45, 2.75) is 13.2 Å². The van der Waals surface area contributed by atoms with Crippen LogP contribution < -0.4 is 9.47 Å². The fourth-order valence-electron chi connectivity index (χ4n) is 1.68. The normalized spacial score (nSPS) is 14.0. The molecule has 4 heteroatoms. The summed E-state index contributed by atoms with van der Waals surface area (Å²) in [5.41, 5.74) is 1.69. The Morgan fingerprint density at radius 3 is 2.87 bits per heavy atom. The van der Waals surface area contributed by atoms with Gasteiger partial charge in [0.15, 0.2) is 11.5 Å². The number of methoxy groups -OCH3 is 1. The maximum Gasteiger partial charge on any atom is 0.167 e. The van der Waals surface area contributed by atoms with Gasteiger partial charge in [-0.1, -0.05) is 6.07 Å². The summed E-state index contributed by atoms with van der Waals surface area (Å²) in [6, 6.07) is 3.74. The number of aliphatic hydroxyl groups is 1. The molecule has 0 radical (unpaired) electrons. The van der Waals surface area contributed by atoms with Gasteiger partial charge in [0.05, 0.1) is 13.2 Å². The second kappa shape index (κ2) is 4.51. The van der Waals surface area contributed by atoms with Gasteiger partial charge in [0.2, 0.25) is 0 Å². The predicted molar refractivity (Wildman–Crippen MR) is 54.1 cm³/mol. The van der Waals surface area contributed by atoms with Crippen molar-refractivity contribution in [3.8, 4) is 11.5 Å². The third kappa shape index (κ3) is 1.91. The topological polar surface area (TPSA) is 47.9 Å². The maximum absolute atomic E-state index is 9.31. The first-order valence-corrected chi connectivity index (χ1v) is 4.87. The van der Waals surface area contributed by atoms with E-state index in [1.165, 1.54) is 0 Å². The van der Waals surface area contributed by atoms with Gasteiger partial charge < -0.3 is 19.3 Å². The second-order valence-electron chi connectivity index (χ2n) is 3.32. The minimum Gasteiger partial charge on any atom is -0.486 e. The van der Waals surface area contributed by atoms with Crippen LogP contribution in [0.4, 0.5) is 0 Å². The fraction of sp³-hybridized carbons (Fsp3) is 0.455. The van der Waals surface area contributed by atoms with Crippen molar-refractivity contribution in [1.82, 2.24) is 0 Å². The van der Waals surface area contributed by atoms with E-state index in [-0.39, 0.29) is 6.61 Å². The first-order chi connectivity index (χ1) is 7.36. The summed E-state index contributed by atoms with van der Waals surface area (Å²) in [7, 11) is 1.62. The lowest BCUT2D eigenvalue weighted by atomic mass is 10.1. The number of ether oxygens (including phenoxy) is 3. The average Bonchev–Trinajstić information content (AvgIpc) is 2.29. The Morgan fingerprint density at radius 2 is 2.13 bits per heavy atom. The van der Waals surface area contributed by atoms with Crippen LogP contribution in [0.5, 0.6) is 11.5 Å². The summed E-state index contributed by atoms with van der Waals surface area (Å²) in [6.07, 6.45) is 0. The average molecular weight is 210 g/mol. The number of aliphatic hydroxyl groups excluding tert-OH is 1. The van der Waals surface area contributed by atoms with E-state index in [0.29, 0.717) is 31.3 Å². The first kappa shape index (κ1) is 10.3. The van der Waals surface area contributed by atoms with E-state index in [1.54, 1.807) is 7.11 Å². The molecule has 0 saturated carbocycles. The molecule has 1 aliphatic heterocycles. The van der Waals surface area contributed by atoms with E-state index < -0.39 is 0 Å². The zero-order valence-corrected chi connectivity index (χ0v) is 8.66. The highest BCUT2D eigenvalue weighted by molar-refractivity contribution is 5.51. The zero-order chi connectivity index (χ0) is 10.7. The molecular formula is C11H14O4. The number of hydrogen-bond donors (Lipinski definition) is 1. The molecule has 82 valence electrons. The Balaban J connectivity index is 2.42. The Hall–Kier alpha value is -1.26. The molecule has 2 rings (SSSR count). The largest absolute Gasteiger partial charge is 0.486 e. The molecule has 1 aliphatic rings. The number of benzene rings is 1. The third-order valence-corrected chi connectivity index (χ3v) is 2.37. The fourth-order valence-corrected chi connectivity index (χ4v) is 1.68. The summed E-state index contributed by atoms with van der Waals surface area (Å²) >= 11 is 0. The molecule has 1 aromatic carbocycles. The van der Waals surface area contributed by atoms with Crippen LogP contribution in [0, 0.1) is 0 Å². The lowest BCUT2D eigenvalue weighted by molar-refractivity contribution is 0.159. The van der Waals surface area contributed by atoms with Crippen LogP contribution in [0.15, 0.2) is 12.1 Å². The molecule has 0 bridgehead atoms. The molecule has 15 heavy (non-hydrogen) atoms. The summed E-state index contributed by atoms with van der Waals surface area (Å²) < 4.78 is 16.0. The van der Waals surface area contributed by atoms with Gasteiger partial charge in [0.25, 0.3) is 0 Å². The molecule has 0 aliphatic carbocycles. The maximum atomic E-state index is 9.31. The second-order valence-corrected chi connectivity index (χ2v) is 3.32. The highest BCUT2D eigenvalue weighted by atomic mass is 16.6. The van der Waals surface area contributed by atoms with Crippen LogP contribution in [-0.4, -0.2) is 25.4 Å². The monoisotopic (exact) mass is 210 g/mol. The lowest BCUT2D eigenvalue weighted by Crippen LogP contribution is -2.17. The van der Waals surface area contributed by atoms with Crippen LogP contribution in [-0.2, 0) is 18.0 Å². The molecule has 0 amide bonds. The molecule has 1 N–H and O–H groups in total. The molecule has 0 fully saturated rings. The molecule has 0 unspecified atom stereocenters. The van der Waals surface area contributed by atoms with Gasteiger partial charge in [-0.2, -0.15) is 0 Å². The van der Waals surface area contributed by atoms with Gasteiger partial charge in [-0.05, 0) is 11.6 Å². The van der Waals surface area contributed by atoms with Crippen molar-refractivity contribution in [1.29, 1.82) is 0 Å². The van der Waals surface area contributed by atoms with Gasteiger partial charge in [-0.15, -0.1) is 0 Å². The number of rotatable bonds is 3. The Labute approximate surface area is 88.4 Å². The quantitative estimate of drug-likeness (QED) is 0.811. The standard InChI is InChI=1S/C11H14O4/c1-13-7-8-2-3-10-11(9(8)6-12)15-5-4-14-10/h2-3,12H,4-7H2,1H3. The first-order valence-electron chi connectivity index (χ1n) is 4.87. The van der Waals surface area contributed by atoms with Crippen LogP contribution in [0.25, 0.3) is 0 Å². The minimum absolute atomic E-state index is 0.0643. The van der Waals surface area contributed by atoms with E-state index in [9.17, 15) is 5.11 Å². The van der Waals surface area contributed by atoms with Crippen molar-refractivity contribution >= 4 is 0 Å². The van der Waals surface area contributed by atoms with Crippen LogP contribution >= 0.6 is 0 Å². The molecular weight excluding hydrogens is 196 g/mol. The summed E-state index contributed by atoms with van der Waals surface area (Å²) in [5.74, 6) is 1.35. The Morgan fingerprint density at radius 1 is 1.33 bits per heavy atom. The molecule has 1 heterocycles. The van der Waals surface area contributed by atoms with Gasteiger partial charge in [0, 0.05) is 12.7 Å². The van der Waals surface area contributed by atoms with Crippen molar-refractivity contribution in [3.05, 3.63) is 23.3 Å². The van der Waals surface area contributed by atoms with E-state index in [1.807, 2.05) is 12.1 Å². The highest BCUT2D eigenvalue weighted by Crippen LogP contribution is 2.36. The molecule has 1 aromatic rings. The van der Waals surface area contributed by atoms with Crippen LogP contribution in [0.3, 0.4) is 0 Å². The van der Waals surface area contributed by atoms with Crippen molar-refractivity contribution in [2.24, 2.45) is 0 Å². The molecule has 0 atom stereocenters. The summed E-state index contributed by atoms with van der Waals surface area (Å²) in [6.45, 7) is 1.48. The Bertz CT molecular complexity index is 349. The molecule has 4 nitrogen and oxygen atoms in total. The minimum atomic E-state index is -0.0643. The highest BCUT2D eigenvalue weighted by Gasteiger charge is 2.18. The smallest absolute Gasteiger partial charge is 0.167 e. The molecule has 0 spiro atoms. The van der Waals surface area contributed by atoms with Gasteiger partial charge >= 0.3 is 0 Å². The molecule has 0 saturated heterocycles. The van der Waals surface area contributed by atoms with Gasteiger partial charge in [-0.25, -0.2) is 0 Å².